The second kappa shape index (κ2) is 9.82. The van der Waals surface area contributed by atoms with Crippen molar-refractivity contribution in [2.75, 3.05) is 37.7 Å². The van der Waals surface area contributed by atoms with E-state index in [9.17, 15) is 9.50 Å². The minimum Gasteiger partial charge on any atom is -0.508 e. The van der Waals surface area contributed by atoms with E-state index in [1.807, 2.05) is 24.3 Å². The van der Waals surface area contributed by atoms with E-state index in [1.54, 1.807) is 12.1 Å². The maximum atomic E-state index is 14.4. The highest BCUT2D eigenvalue weighted by molar-refractivity contribution is 6.03. The molecule has 8 rings (SSSR count). The molecule has 4 aliphatic heterocycles. The topological polar surface area (TPSA) is 73.8 Å². The molecule has 5 heterocycles. The van der Waals surface area contributed by atoms with Crippen molar-refractivity contribution < 1.29 is 14.2 Å². The quantitative estimate of drug-likeness (QED) is 0.330. The monoisotopic (exact) mass is 563 g/mol. The van der Waals surface area contributed by atoms with Crippen molar-refractivity contribution in [3.05, 3.63) is 54.1 Å². The highest BCUT2D eigenvalue weighted by atomic mass is 19.1. The van der Waals surface area contributed by atoms with E-state index < -0.39 is 6.17 Å². The molecular weight excluding hydrogens is 529 g/mol. The van der Waals surface area contributed by atoms with Crippen molar-refractivity contribution in [2.24, 2.45) is 0 Å². The van der Waals surface area contributed by atoms with Crippen LogP contribution in [0.5, 0.6) is 11.8 Å². The van der Waals surface area contributed by atoms with Crippen LogP contribution in [0.25, 0.3) is 32.8 Å². The number of piperazine rings is 1. The number of nitrogens with zero attached hydrogens (tertiary/aromatic N) is 4. The van der Waals surface area contributed by atoms with E-state index in [-0.39, 0.29) is 11.3 Å². The van der Waals surface area contributed by atoms with Crippen LogP contribution < -0.4 is 15.0 Å². The molecule has 4 aliphatic rings. The Balaban J connectivity index is 1.23. The Morgan fingerprint density at radius 2 is 1.95 bits per heavy atom. The van der Waals surface area contributed by atoms with Gasteiger partial charge < -0.3 is 20.1 Å². The summed E-state index contributed by atoms with van der Waals surface area (Å²) in [7, 11) is 0. The van der Waals surface area contributed by atoms with Gasteiger partial charge in [-0.2, -0.15) is 9.97 Å². The summed E-state index contributed by atoms with van der Waals surface area (Å²) in [6.45, 7) is 3.55. The Labute approximate surface area is 244 Å². The van der Waals surface area contributed by atoms with Gasteiger partial charge in [-0.1, -0.05) is 24.1 Å². The fourth-order valence-electron chi connectivity index (χ4n) is 7.94. The molecule has 2 N–H and O–H groups in total. The van der Waals surface area contributed by atoms with Gasteiger partial charge in [0.15, 0.2) is 0 Å². The molecule has 2 bridgehead atoms. The number of phenolic OH excluding ortho intramolecular Hbond substituents is 1. The van der Waals surface area contributed by atoms with E-state index in [1.165, 1.54) is 12.8 Å². The van der Waals surface area contributed by atoms with Crippen molar-refractivity contribution in [1.29, 1.82) is 0 Å². The van der Waals surface area contributed by atoms with Crippen molar-refractivity contribution in [3.8, 4) is 35.2 Å². The van der Waals surface area contributed by atoms with Gasteiger partial charge in [0.25, 0.3) is 0 Å². The molecule has 0 amide bonds. The van der Waals surface area contributed by atoms with Crippen LogP contribution in [0, 0.1) is 12.3 Å². The molecule has 0 radical (unpaired) electrons. The van der Waals surface area contributed by atoms with Gasteiger partial charge in [-0.25, -0.2) is 4.39 Å². The lowest BCUT2D eigenvalue weighted by molar-refractivity contribution is 0.107. The van der Waals surface area contributed by atoms with Crippen molar-refractivity contribution in [1.82, 2.24) is 20.2 Å². The summed E-state index contributed by atoms with van der Waals surface area (Å²) in [4.78, 5) is 14.5. The number of aromatic hydroxyl groups is 1. The first kappa shape index (κ1) is 25.8. The number of ether oxygens (including phenoxy) is 1. The third-order valence-corrected chi connectivity index (χ3v) is 9.83. The van der Waals surface area contributed by atoms with Gasteiger partial charge >= 0.3 is 6.01 Å². The summed E-state index contributed by atoms with van der Waals surface area (Å²) in [6, 6.07) is 16.7. The summed E-state index contributed by atoms with van der Waals surface area (Å²) in [5, 5.41) is 17.1. The smallest absolute Gasteiger partial charge is 0.319 e. The van der Waals surface area contributed by atoms with Gasteiger partial charge in [-0.05, 0) is 79.1 Å². The zero-order valence-electron chi connectivity index (χ0n) is 23.5. The molecule has 4 atom stereocenters. The summed E-state index contributed by atoms with van der Waals surface area (Å²) in [5.41, 5.74) is 3.01. The van der Waals surface area contributed by atoms with E-state index in [2.05, 4.69) is 33.2 Å². The summed E-state index contributed by atoms with van der Waals surface area (Å²) < 4.78 is 20.8. The molecule has 1 aromatic heterocycles. The molecule has 0 unspecified atom stereocenters. The molecule has 7 nitrogen and oxygen atoms in total. The zero-order chi connectivity index (χ0) is 28.4. The lowest BCUT2D eigenvalue weighted by Gasteiger charge is -2.34. The molecule has 3 aromatic carbocycles. The van der Waals surface area contributed by atoms with E-state index in [4.69, 9.17) is 21.1 Å². The van der Waals surface area contributed by atoms with E-state index >= 15 is 0 Å². The third kappa shape index (κ3) is 4.26. The number of benzene rings is 3. The van der Waals surface area contributed by atoms with Crippen LogP contribution in [0.2, 0.25) is 0 Å². The molecule has 8 heteroatoms. The van der Waals surface area contributed by atoms with Gasteiger partial charge in [0, 0.05) is 54.5 Å². The molecule has 4 fully saturated rings. The number of anilines is 1. The zero-order valence-corrected chi connectivity index (χ0v) is 23.5. The Hall–Kier alpha value is -3.93. The summed E-state index contributed by atoms with van der Waals surface area (Å²) in [5.74, 6) is 3.86. The second-order valence-corrected chi connectivity index (χ2v) is 12.5. The first-order valence-electron chi connectivity index (χ1n) is 15.1. The first-order valence-corrected chi connectivity index (χ1v) is 15.1. The maximum Gasteiger partial charge on any atom is 0.319 e. The van der Waals surface area contributed by atoms with Gasteiger partial charge in [-0.3, -0.25) is 4.90 Å². The number of phenols is 1. The molecule has 42 heavy (non-hydrogen) atoms. The molecule has 0 spiro atoms. The minimum atomic E-state index is -0.814. The van der Waals surface area contributed by atoms with Crippen molar-refractivity contribution in [3.63, 3.8) is 0 Å². The summed E-state index contributed by atoms with van der Waals surface area (Å²) in [6.07, 6.45) is 9.90. The number of terminal acetylenes is 1. The van der Waals surface area contributed by atoms with Crippen LogP contribution in [0.1, 0.15) is 37.7 Å². The molecule has 214 valence electrons. The number of rotatable bonds is 5. The number of aromatic nitrogens is 2. The number of halogens is 1. The van der Waals surface area contributed by atoms with Crippen LogP contribution in [0.4, 0.5) is 10.2 Å². The number of hydrogen-bond donors (Lipinski definition) is 2. The van der Waals surface area contributed by atoms with Gasteiger partial charge in [0.05, 0.1) is 11.1 Å². The number of nitrogens with one attached hydrogen (secondary N) is 1. The third-order valence-electron chi connectivity index (χ3n) is 9.83. The largest absolute Gasteiger partial charge is 0.508 e. The lowest BCUT2D eigenvalue weighted by atomic mass is 9.94. The summed E-state index contributed by atoms with van der Waals surface area (Å²) >= 11 is 0. The van der Waals surface area contributed by atoms with Gasteiger partial charge in [-0.15, -0.1) is 6.42 Å². The highest BCUT2D eigenvalue weighted by Crippen LogP contribution is 2.41. The standard InChI is InChI=1S/C34H34FN5O2/c1-2-21-5-3-6-23-13-27(41)15-29(31(21)23)22-7-10-28-30(14-22)37-33(38-32(28)39-18-25-8-9-26(19-39)36-25)42-20-34-11-4-12-40(34)17-24(35)16-34/h1,3,5-7,10,13-15,24-26,36,41H,4,8-9,11-12,16-20H2/t24-,25-,26+,34+/m1/s1. The van der Waals surface area contributed by atoms with Gasteiger partial charge in [0.2, 0.25) is 0 Å². The average Bonchev–Trinajstić information content (AvgIpc) is 3.64. The number of alkyl halides is 1. The van der Waals surface area contributed by atoms with Crippen molar-refractivity contribution in [2.45, 2.75) is 55.9 Å². The SMILES string of the molecule is C#Cc1cccc2cc(O)cc(-c3ccc4c(N5C[C@H]6CC[C@@H](C5)N6)nc(OC[C@@]56CCCN5C[C@H](F)C6)nc4c3)c12. The van der Waals surface area contributed by atoms with Crippen LogP contribution in [-0.4, -0.2) is 76.6 Å². The normalized spacial score (nSPS) is 27.0. The fourth-order valence-corrected chi connectivity index (χ4v) is 7.94. The Kier molecular flexibility index (Phi) is 6.02. The first-order chi connectivity index (χ1) is 20.5. The average molecular weight is 564 g/mol. The predicted molar refractivity (Wildman–Crippen MR) is 163 cm³/mol. The van der Waals surface area contributed by atoms with Crippen LogP contribution in [-0.2, 0) is 0 Å². The highest BCUT2D eigenvalue weighted by Gasteiger charge is 2.49. The molecule has 0 aliphatic carbocycles. The molecule has 4 saturated heterocycles. The second-order valence-electron chi connectivity index (χ2n) is 12.5. The van der Waals surface area contributed by atoms with Crippen LogP contribution in [0.15, 0.2) is 48.5 Å². The molecular formula is C34H34FN5O2. The van der Waals surface area contributed by atoms with Crippen LogP contribution in [0.3, 0.4) is 0 Å². The predicted octanol–water partition coefficient (Wildman–Crippen LogP) is 5.03. The Morgan fingerprint density at radius 1 is 1.10 bits per heavy atom. The van der Waals surface area contributed by atoms with Gasteiger partial charge in [0.1, 0.15) is 24.3 Å². The number of hydrogen-bond acceptors (Lipinski definition) is 7. The number of fused-ring (bicyclic) bond motifs is 5. The maximum absolute atomic E-state index is 14.4. The molecule has 4 aromatic rings. The van der Waals surface area contributed by atoms with Crippen molar-refractivity contribution >= 4 is 27.5 Å². The Morgan fingerprint density at radius 3 is 2.79 bits per heavy atom. The molecule has 0 saturated carbocycles. The Bertz CT molecular complexity index is 1740. The van der Waals surface area contributed by atoms with E-state index in [0.717, 1.165) is 76.7 Å². The van der Waals surface area contributed by atoms with Crippen LogP contribution >= 0.6 is 0 Å². The fraction of sp³-hybridized carbons (Fsp3) is 0.412. The minimum absolute atomic E-state index is 0.179. The van der Waals surface area contributed by atoms with E-state index in [0.29, 0.717) is 37.7 Å². The lowest BCUT2D eigenvalue weighted by Crippen LogP contribution is -2.51.